The monoisotopic (exact) mass is 476 g/mol. The number of hydrazine groups is 1. The fraction of sp³-hybridized carbons (Fsp3) is 0.286. The third kappa shape index (κ3) is 9.04. The number of ether oxygens (including phenoxy) is 3. The van der Waals surface area contributed by atoms with E-state index in [0.29, 0.717) is 42.4 Å². The SMILES string of the molecule is CCCCCCOc1ccc(C(=O)NNC(=O)c2cccc(OCCOc3ccccc3)c2)cc1. The molecule has 0 heterocycles. The molecule has 0 fully saturated rings. The van der Waals surface area contributed by atoms with Crippen molar-refractivity contribution >= 4 is 11.8 Å². The maximum Gasteiger partial charge on any atom is 0.269 e. The van der Waals surface area contributed by atoms with Crippen LogP contribution in [0.15, 0.2) is 78.9 Å². The molecule has 0 saturated heterocycles. The summed E-state index contributed by atoms with van der Waals surface area (Å²) in [5.41, 5.74) is 5.64. The van der Waals surface area contributed by atoms with Gasteiger partial charge in [-0.1, -0.05) is 50.5 Å². The lowest BCUT2D eigenvalue weighted by Crippen LogP contribution is -2.41. The van der Waals surface area contributed by atoms with Crippen LogP contribution >= 0.6 is 0 Å². The summed E-state index contributed by atoms with van der Waals surface area (Å²) in [5.74, 6) is 1.15. The van der Waals surface area contributed by atoms with Crippen molar-refractivity contribution in [2.24, 2.45) is 0 Å². The van der Waals surface area contributed by atoms with Crippen LogP contribution in [0.4, 0.5) is 0 Å². The first-order chi connectivity index (χ1) is 17.2. The first-order valence-electron chi connectivity index (χ1n) is 11.9. The van der Waals surface area contributed by atoms with Crippen molar-refractivity contribution in [3.05, 3.63) is 90.0 Å². The van der Waals surface area contributed by atoms with Gasteiger partial charge < -0.3 is 14.2 Å². The highest BCUT2D eigenvalue weighted by Crippen LogP contribution is 2.15. The highest BCUT2D eigenvalue weighted by atomic mass is 16.5. The molecule has 3 aromatic carbocycles. The van der Waals surface area contributed by atoms with Gasteiger partial charge in [0.25, 0.3) is 11.8 Å². The third-order valence-electron chi connectivity index (χ3n) is 5.13. The van der Waals surface area contributed by atoms with E-state index in [9.17, 15) is 9.59 Å². The van der Waals surface area contributed by atoms with Gasteiger partial charge in [-0.3, -0.25) is 20.4 Å². The Balaban J connectivity index is 1.40. The van der Waals surface area contributed by atoms with Gasteiger partial charge in [-0.2, -0.15) is 0 Å². The normalized spacial score (nSPS) is 10.3. The van der Waals surface area contributed by atoms with Crippen LogP contribution in [0.3, 0.4) is 0 Å². The summed E-state index contributed by atoms with van der Waals surface area (Å²) in [4.78, 5) is 24.8. The minimum absolute atomic E-state index is 0.329. The number of rotatable bonds is 13. The number of carbonyl (C=O) groups excluding carboxylic acids is 2. The molecule has 35 heavy (non-hydrogen) atoms. The molecule has 184 valence electrons. The fourth-order valence-corrected chi connectivity index (χ4v) is 3.24. The highest BCUT2D eigenvalue weighted by molar-refractivity contribution is 5.99. The summed E-state index contributed by atoms with van der Waals surface area (Å²) >= 11 is 0. The van der Waals surface area contributed by atoms with Crippen molar-refractivity contribution in [3.63, 3.8) is 0 Å². The molecule has 0 aliphatic heterocycles. The summed E-state index contributed by atoms with van der Waals surface area (Å²) < 4.78 is 17.0. The number of carbonyl (C=O) groups is 2. The van der Waals surface area contributed by atoms with Crippen LogP contribution in [0.25, 0.3) is 0 Å². The predicted molar refractivity (Wildman–Crippen MR) is 135 cm³/mol. The van der Waals surface area contributed by atoms with Crippen LogP contribution in [-0.4, -0.2) is 31.6 Å². The topological polar surface area (TPSA) is 85.9 Å². The van der Waals surface area contributed by atoms with Gasteiger partial charge in [-0.15, -0.1) is 0 Å². The average Bonchev–Trinajstić information content (AvgIpc) is 2.90. The lowest BCUT2D eigenvalue weighted by Gasteiger charge is -2.11. The van der Waals surface area contributed by atoms with Crippen molar-refractivity contribution in [2.45, 2.75) is 32.6 Å². The Hall–Kier alpha value is -4.00. The van der Waals surface area contributed by atoms with Crippen LogP contribution in [0.1, 0.15) is 53.3 Å². The second-order valence-electron chi connectivity index (χ2n) is 7.88. The van der Waals surface area contributed by atoms with Gasteiger partial charge in [-0.25, -0.2) is 0 Å². The Bertz CT molecular complexity index is 1050. The number of benzene rings is 3. The number of hydrogen-bond donors (Lipinski definition) is 2. The van der Waals surface area contributed by atoms with Gasteiger partial charge in [-0.05, 0) is 61.0 Å². The van der Waals surface area contributed by atoms with Gasteiger partial charge in [0, 0.05) is 11.1 Å². The molecule has 3 aromatic rings. The van der Waals surface area contributed by atoms with Crippen LogP contribution in [-0.2, 0) is 0 Å². The minimum Gasteiger partial charge on any atom is -0.494 e. The molecule has 0 bridgehead atoms. The van der Waals surface area contributed by atoms with E-state index >= 15 is 0 Å². The van der Waals surface area contributed by atoms with Crippen LogP contribution in [0.2, 0.25) is 0 Å². The molecule has 0 saturated carbocycles. The fourth-order valence-electron chi connectivity index (χ4n) is 3.24. The first-order valence-corrected chi connectivity index (χ1v) is 11.9. The molecule has 0 aliphatic carbocycles. The molecule has 0 atom stereocenters. The second kappa shape index (κ2) is 14.3. The first kappa shape index (κ1) is 25.6. The average molecular weight is 477 g/mol. The van der Waals surface area contributed by atoms with Crippen molar-refractivity contribution < 1.29 is 23.8 Å². The largest absolute Gasteiger partial charge is 0.494 e. The molecular weight excluding hydrogens is 444 g/mol. The summed E-state index contributed by atoms with van der Waals surface area (Å²) in [5, 5.41) is 0. The van der Waals surface area contributed by atoms with E-state index < -0.39 is 11.8 Å². The van der Waals surface area contributed by atoms with Gasteiger partial charge in [0.2, 0.25) is 0 Å². The zero-order valence-electron chi connectivity index (χ0n) is 20.0. The van der Waals surface area contributed by atoms with Crippen LogP contribution < -0.4 is 25.1 Å². The van der Waals surface area contributed by atoms with Crippen molar-refractivity contribution in [3.8, 4) is 17.2 Å². The molecule has 7 heteroatoms. The Morgan fingerprint density at radius 2 is 1.20 bits per heavy atom. The summed E-state index contributed by atoms with van der Waals surface area (Å²) in [6.07, 6.45) is 4.55. The molecule has 7 nitrogen and oxygen atoms in total. The molecule has 2 N–H and O–H groups in total. The van der Waals surface area contributed by atoms with Crippen LogP contribution in [0, 0.1) is 0 Å². The summed E-state index contributed by atoms with van der Waals surface area (Å²) in [6, 6.07) is 23.0. The molecule has 0 radical (unpaired) electrons. The molecule has 0 spiro atoms. The highest BCUT2D eigenvalue weighted by Gasteiger charge is 2.10. The Morgan fingerprint density at radius 1 is 0.600 bits per heavy atom. The zero-order valence-corrected chi connectivity index (χ0v) is 20.0. The molecule has 0 unspecified atom stereocenters. The van der Waals surface area contributed by atoms with Gasteiger partial charge in [0.1, 0.15) is 30.5 Å². The number of hydrogen-bond acceptors (Lipinski definition) is 5. The van der Waals surface area contributed by atoms with E-state index in [1.807, 2.05) is 30.3 Å². The van der Waals surface area contributed by atoms with E-state index in [2.05, 4.69) is 17.8 Å². The van der Waals surface area contributed by atoms with Crippen molar-refractivity contribution in [1.82, 2.24) is 10.9 Å². The second-order valence-corrected chi connectivity index (χ2v) is 7.88. The quantitative estimate of drug-likeness (QED) is 0.262. The van der Waals surface area contributed by atoms with E-state index in [1.54, 1.807) is 48.5 Å². The number of nitrogens with one attached hydrogen (secondary N) is 2. The van der Waals surface area contributed by atoms with E-state index in [0.717, 1.165) is 18.6 Å². The summed E-state index contributed by atoms with van der Waals surface area (Å²) in [7, 11) is 0. The molecule has 0 aliphatic rings. The van der Waals surface area contributed by atoms with Gasteiger partial charge in [0.15, 0.2) is 0 Å². The van der Waals surface area contributed by atoms with Crippen molar-refractivity contribution in [1.29, 1.82) is 0 Å². The smallest absolute Gasteiger partial charge is 0.269 e. The summed E-state index contributed by atoms with van der Waals surface area (Å²) in [6.45, 7) is 3.53. The van der Waals surface area contributed by atoms with E-state index in [4.69, 9.17) is 14.2 Å². The Morgan fingerprint density at radius 3 is 1.91 bits per heavy atom. The van der Waals surface area contributed by atoms with E-state index in [1.165, 1.54) is 12.8 Å². The maximum atomic E-state index is 12.5. The number of unbranched alkanes of at least 4 members (excludes halogenated alkanes) is 3. The van der Waals surface area contributed by atoms with Crippen LogP contribution in [0.5, 0.6) is 17.2 Å². The minimum atomic E-state index is -0.448. The third-order valence-corrected chi connectivity index (χ3v) is 5.13. The molecular formula is C28H32N2O5. The Kier molecular flexibility index (Phi) is 10.5. The van der Waals surface area contributed by atoms with Gasteiger partial charge in [0.05, 0.1) is 6.61 Å². The predicted octanol–water partition coefficient (Wildman–Crippen LogP) is 5.18. The molecule has 0 aromatic heterocycles. The maximum absolute atomic E-state index is 12.5. The van der Waals surface area contributed by atoms with Gasteiger partial charge >= 0.3 is 0 Å². The zero-order chi connectivity index (χ0) is 24.7. The molecule has 3 rings (SSSR count). The number of para-hydroxylation sites is 1. The lowest BCUT2D eigenvalue weighted by molar-refractivity contribution is 0.0846. The standard InChI is InChI=1S/C28H32N2O5/c1-2-3-4-8-18-33-25-16-14-22(15-17-25)27(31)29-30-28(32)23-10-9-13-26(21-23)35-20-19-34-24-11-6-5-7-12-24/h5-7,9-17,21H,2-4,8,18-20H2,1H3,(H,29,31)(H,30,32). The lowest BCUT2D eigenvalue weighted by atomic mass is 10.2. The van der Waals surface area contributed by atoms with Crippen molar-refractivity contribution in [2.75, 3.05) is 19.8 Å². The Labute approximate surface area is 206 Å². The van der Waals surface area contributed by atoms with E-state index in [-0.39, 0.29) is 0 Å². The molecule has 2 amide bonds. The number of amides is 2.